The van der Waals surface area contributed by atoms with Gasteiger partial charge in [-0.05, 0) is 19.1 Å². The first kappa shape index (κ1) is 10.5. The molecule has 0 aromatic heterocycles. The van der Waals surface area contributed by atoms with Crippen molar-refractivity contribution in [2.24, 2.45) is 0 Å². The number of aliphatic hydroxyl groups excluding tert-OH is 1. The molecule has 0 aromatic carbocycles. The summed E-state index contributed by atoms with van der Waals surface area (Å²) in [5.41, 5.74) is 3.17. The Morgan fingerprint density at radius 1 is 1.36 bits per heavy atom. The van der Waals surface area contributed by atoms with Gasteiger partial charge in [0, 0.05) is 0 Å². The summed E-state index contributed by atoms with van der Waals surface area (Å²) in [4.78, 5) is 0. The quantitative estimate of drug-likeness (QED) is 0.467. The maximum Gasteiger partial charge on any atom is 0.129 e. The van der Waals surface area contributed by atoms with Gasteiger partial charge in [-0.1, -0.05) is 25.6 Å². The van der Waals surface area contributed by atoms with Crippen molar-refractivity contribution in [2.75, 3.05) is 0 Å². The third kappa shape index (κ3) is 9.48. The molecule has 0 saturated carbocycles. The Morgan fingerprint density at radius 3 is 2.27 bits per heavy atom. The van der Waals surface area contributed by atoms with Crippen molar-refractivity contribution in [1.82, 2.24) is 0 Å². The third-order valence-corrected chi connectivity index (χ3v) is 1.80. The first-order valence-corrected chi connectivity index (χ1v) is 7.29. The molecule has 0 aromatic rings. The van der Waals surface area contributed by atoms with Crippen LogP contribution in [0.1, 0.15) is 6.92 Å². The van der Waals surface area contributed by atoms with E-state index in [-0.39, 0.29) is 6.10 Å². The van der Waals surface area contributed by atoms with E-state index in [1.165, 1.54) is 0 Å². The van der Waals surface area contributed by atoms with Gasteiger partial charge >= 0.3 is 0 Å². The van der Waals surface area contributed by atoms with Crippen molar-refractivity contribution in [3.63, 3.8) is 0 Å². The van der Waals surface area contributed by atoms with Gasteiger partial charge in [0.1, 0.15) is 8.07 Å². The van der Waals surface area contributed by atoms with Crippen LogP contribution in [0.2, 0.25) is 19.6 Å². The molecule has 1 atom stereocenters. The number of aliphatic hydroxyl groups is 1. The van der Waals surface area contributed by atoms with Gasteiger partial charge in [-0.2, -0.15) is 0 Å². The Balaban J connectivity index is 3.92. The molecule has 62 valence electrons. The number of hydrogen-bond donors (Lipinski definition) is 1. The molecular weight excluding hydrogens is 152 g/mol. The lowest BCUT2D eigenvalue weighted by Gasteiger charge is -2.02. The van der Waals surface area contributed by atoms with Crippen LogP contribution in [0.25, 0.3) is 0 Å². The van der Waals surface area contributed by atoms with Crippen LogP contribution in [0.15, 0.2) is 12.2 Å². The zero-order chi connectivity index (χ0) is 8.91. The number of allylic oxidation sites excluding steroid dienone is 1. The molecule has 0 radical (unpaired) electrons. The average molecular weight is 168 g/mol. The van der Waals surface area contributed by atoms with Crippen molar-refractivity contribution >= 4 is 8.07 Å². The molecule has 0 aliphatic heterocycles. The normalized spacial score (nSPS) is 14.3. The van der Waals surface area contributed by atoms with Gasteiger partial charge in [0.05, 0.1) is 6.10 Å². The minimum Gasteiger partial charge on any atom is -0.389 e. The SMILES string of the molecule is C[C@H](O)/C=C/C#C[Si](C)(C)C. The van der Waals surface area contributed by atoms with Crippen LogP contribution in [0, 0.1) is 11.5 Å². The van der Waals surface area contributed by atoms with Gasteiger partial charge in [0.2, 0.25) is 0 Å². The fourth-order valence-corrected chi connectivity index (χ4v) is 0.962. The summed E-state index contributed by atoms with van der Waals surface area (Å²) in [5, 5.41) is 8.84. The molecule has 0 spiro atoms. The second-order valence-corrected chi connectivity index (χ2v) is 8.37. The van der Waals surface area contributed by atoms with Crippen LogP contribution in [0.5, 0.6) is 0 Å². The smallest absolute Gasteiger partial charge is 0.129 e. The maximum atomic E-state index is 8.84. The number of rotatable bonds is 1. The summed E-state index contributed by atoms with van der Waals surface area (Å²) in [5.74, 6) is 2.93. The molecule has 0 unspecified atom stereocenters. The predicted molar refractivity (Wildman–Crippen MR) is 51.9 cm³/mol. The molecule has 0 saturated heterocycles. The number of hydrogen-bond acceptors (Lipinski definition) is 1. The van der Waals surface area contributed by atoms with Crippen LogP contribution in [0.3, 0.4) is 0 Å². The molecule has 1 N–H and O–H groups in total. The van der Waals surface area contributed by atoms with Crippen LogP contribution in [-0.4, -0.2) is 19.3 Å². The molecule has 0 aliphatic rings. The Labute approximate surface area is 70.1 Å². The average Bonchev–Trinajstić information content (AvgIpc) is 1.78. The van der Waals surface area contributed by atoms with E-state index in [1.807, 2.05) is 0 Å². The highest BCUT2D eigenvalue weighted by Crippen LogP contribution is 1.95. The molecule has 1 nitrogen and oxygen atoms in total. The van der Waals surface area contributed by atoms with Crippen molar-refractivity contribution in [2.45, 2.75) is 32.7 Å². The second kappa shape index (κ2) is 4.37. The Hall–Kier alpha value is -0.523. The zero-order valence-corrected chi connectivity index (χ0v) is 8.68. The topological polar surface area (TPSA) is 20.2 Å². The summed E-state index contributed by atoms with van der Waals surface area (Å²) >= 11 is 0. The highest BCUT2D eigenvalue weighted by molar-refractivity contribution is 6.83. The van der Waals surface area contributed by atoms with Crippen LogP contribution in [0.4, 0.5) is 0 Å². The lowest BCUT2D eigenvalue weighted by molar-refractivity contribution is 0.244. The van der Waals surface area contributed by atoms with Crippen molar-refractivity contribution in [3.8, 4) is 11.5 Å². The molecule has 11 heavy (non-hydrogen) atoms. The van der Waals surface area contributed by atoms with Crippen LogP contribution in [-0.2, 0) is 0 Å². The van der Waals surface area contributed by atoms with E-state index in [0.29, 0.717) is 0 Å². The molecule has 0 heterocycles. The van der Waals surface area contributed by atoms with Gasteiger partial charge < -0.3 is 5.11 Å². The Kier molecular flexibility index (Phi) is 4.17. The first-order chi connectivity index (χ1) is 4.92. The van der Waals surface area contributed by atoms with Crippen LogP contribution < -0.4 is 0 Å². The van der Waals surface area contributed by atoms with E-state index >= 15 is 0 Å². The molecule has 0 rings (SSSR count). The predicted octanol–water partition coefficient (Wildman–Crippen LogP) is 1.80. The van der Waals surface area contributed by atoms with Crippen molar-refractivity contribution < 1.29 is 5.11 Å². The second-order valence-electron chi connectivity index (χ2n) is 3.62. The monoisotopic (exact) mass is 168 g/mol. The van der Waals surface area contributed by atoms with Gasteiger partial charge in [-0.25, -0.2) is 0 Å². The van der Waals surface area contributed by atoms with E-state index < -0.39 is 8.07 Å². The van der Waals surface area contributed by atoms with Crippen LogP contribution >= 0.6 is 0 Å². The summed E-state index contributed by atoms with van der Waals surface area (Å²) in [6.45, 7) is 8.29. The minimum atomic E-state index is -1.22. The summed E-state index contributed by atoms with van der Waals surface area (Å²) in [7, 11) is -1.22. The minimum absolute atomic E-state index is 0.383. The summed E-state index contributed by atoms with van der Waals surface area (Å²) in [6, 6.07) is 0. The highest BCUT2D eigenvalue weighted by Gasteiger charge is 2.06. The van der Waals surface area contributed by atoms with E-state index in [0.717, 1.165) is 0 Å². The van der Waals surface area contributed by atoms with Gasteiger partial charge in [-0.3, -0.25) is 0 Å². The Bertz CT molecular complexity index is 188. The summed E-state index contributed by atoms with van der Waals surface area (Å²) in [6.07, 6.45) is 3.03. The third-order valence-electron chi connectivity index (χ3n) is 0.905. The molecule has 0 bridgehead atoms. The molecule has 0 amide bonds. The van der Waals surface area contributed by atoms with Gasteiger partial charge in [0.15, 0.2) is 0 Å². The molecule has 0 fully saturated rings. The largest absolute Gasteiger partial charge is 0.389 e. The molecule has 0 aliphatic carbocycles. The highest BCUT2D eigenvalue weighted by atomic mass is 28.3. The molecule has 2 heteroatoms. The van der Waals surface area contributed by atoms with E-state index in [2.05, 4.69) is 31.1 Å². The Morgan fingerprint density at radius 2 is 1.91 bits per heavy atom. The lowest BCUT2D eigenvalue weighted by atomic mass is 10.4. The molecular formula is C9H16OSi. The fraction of sp³-hybridized carbons (Fsp3) is 0.556. The van der Waals surface area contributed by atoms with E-state index in [1.54, 1.807) is 19.1 Å². The maximum absolute atomic E-state index is 8.84. The van der Waals surface area contributed by atoms with E-state index in [4.69, 9.17) is 5.11 Å². The van der Waals surface area contributed by atoms with Gasteiger partial charge in [-0.15, -0.1) is 5.54 Å². The summed E-state index contributed by atoms with van der Waals surface area (Å²) < 4.78 is 0. The fourth-order valence-electron chi connectivity index (χ4n) is 0.446. The van der Waals surface area contributed by atoms with Crippen molar-refractivity contribution in [3.05, 3.63) is 12.2 Å². The standard InChI is InChI=1S/C9H16OSi/c1-9(10)7-5-6-8-11(2,3)4/h5,7,9-10H,1-4H3/b7-5+/t9-/m0/s1. The first-order valence-electron chi connectivity index (χ1n) is 3.79. The zero-order valence-electron chi connectivity index (χ0n) is 7.68. The van der Waals surface area contributed by atoms with Gasteiger partial charge in [0.25, 0.3) is 0 Å². The lowest BCUT2D eigenvalue weighted by Crippen LogP contribution is -2.16. The van der Waals surface area contributed by atoms with Crippen molar-refractivity contribution in [1.29, 1.82) is 0 Å². The van der Waals surface area contributed by atoms with E-state index in [9.17, 15) is 0 Å².